The highest BCUT2D eigenvalue weighted by Crippen LogP contribution is 2.40. The van der Waals surface area contributed by atoms with Gasteiger partial charge in [-0.15, -0.1) is 0 Å². The smallest absolute Gasteiger partial charge is 0.161 e. The van der Waals surface area contributed by atoms with Crippen LogP contribution >= 0.6 is 23.5 Å². The predicted octanol–water partition coefficient (Wildman–Crippen LogP) is 7.91. The number of nitrogens with zero attached hydrogens (tertiary/aromatic N) is 3. The molecular weight excluding hydrogens is 623 g/mol. The molecular formula is C36H40F2N4O2S2. The standard InChI is InChI=1S/C36H40F2N4O2S2/c1-36(2)13-5-8-26(23-7-4-6-22(16-23)17-24(44)20-43)34-40-35(42(3)41-34)29-18-25(9-10-30(29)37)46-33-28(12-15-45-21-36)27-11-14-39-32(27)19-31(33)38/h4,6-7,9-11,14,16,18-19,24,26,39,43-44H,5,8,12-13,15,17,20-21H2,1-3H3. The maximum Gasteiger partial charge on any atom is 0.161 e. The number of aromatic nitrogens is 4. The van der Waals surface area contributed by atoms with E-state index in [0.29, 0.717) is 28.5 Å². The SMILES string of the molecule is Cn1nc2nc1-c1cc(ccc1F)Sc1c(F)cc3[nH]ccc3c1CCSCC(C)(C)CCCC2c1cccc(CC(O)CO)c1. The molecule has 2 aromatic heterocycles. The maximum absolute atomic E-state index is 15.7. The average molecular weight is 663 g/mol. The molecule has 2 unspecified atom stereocenters. The molecule has 10 heteroatoms. The number of aromatic amines is 1. The van der Waals surface area contributed by atoms with Crippen LogP contribution in [-0.4, -0.2) is 54.2 Å². The normalized spacial score (nSPS) is 18.1. The zero-order chi connectivity index (χ0) is 32.4. The van der Waals surface area contributed by atoms with E-state index in [1.165, 1.54) is 17.8 Å². The van der Waals surface area contributed by atoms with E-state index in [9.17, 15) is 10.2 Å². The van der Waals surface area contributed by atoms with Crippen molar-refractivity contribution < 1.29 is 19.0 Å². The Balaban J connectivity index is 1.43. The van der Waals surface area contributed by atoms with E-state index in [-0.39, 0.29) is 23.8 Å². The van der Waals surface area contributed by atoms with Crippen LogP contribution in [0.2, 0.25) is 0 Å². The Morgan fingerprint density at radius 1 is 1.11 bits per heavy atom. The van der Waals surface area contributed by atoms with Crippen LogP contribution in [0.5, 0.6) is 0 Å². The van der Waals surface area contributed by atoms with Gasteiger partial charge in [-0.1, -0.05) is 56.3 Å². The Bertz CT molecular complexity index is 1840. The number of hydrogen-bond acceptors (Lipinski definition) is 6. The molecule has 1 aliphatic rings. The molecule has 3 N–H and O–H groups in total. The highest BCUT2D eigenvalue weighted by molar-refractivity contribution is 7.99. The topological polar surface area (TPSA) is 87.0 Å². The second-order valence-electron chi connectivity index (χ2n) is 13.0. The van der Waals surface area contributed by atoms with Gasteiger partial charge in [0, 0.05) is 41.4 Å². The summed E-state index contributed by atoms with van der Waals surface area (Å²) in [6.45, 7) is 4.29. The van der Waals surface area contributed by atoms with Crippen molar-refractivity contribution in [1.29, 1.82) is 0 Å². The van der Waals surface area contributed by atoms with Gasteiger partial charge in [-0.25, -0.2) is 18.4 Å². The molecule has 0 fully saturated rings. The summed E-state index contributed by atoms with van der Waals surface area (Å²) in [5, 5.41) is 25.3. The van der Waals surface area contributed by atoms with Gasteiger partial charge in [-0.3, -0.25) is 0 Å². The number of H-pyrrole nitrogens is 1. The zero-order valence-electron chi connectivity index (χ0n) is 26.4. The molecule has 0 aliphatic carbocycles. The Morgan fingerprint density at radius 3 is 2.78 bits per heavy atom. The third kappa shape index (κ3) is 7.20. The molecule has 46 heavy (non-hydrogen) atoms. The van der Waals surface area contributed by atoms with Crippen LogP contribution in [0.25, 0.3) is 22.3 Å². The van der Waals surface area contributed by atoms with Crippen LogP contribution in [0.3, 0.4) is 0 Å². The summed E-state index contributed by atoms with van der Waals surface area (Å²) in [7, 11) is 1.77. The molecule has 2 atom stereocenters. The number of thioether (sulfide) groups is 1. The second-order valence-corrected chi connectivity index (χ2v) is 15.2. The molecule has 3 aromatic carbocycles. The van der Waals surface area contributed by atoms with E-state index in [2.05, 4.69) is 24.9 Å². The summed E-state index contributed by atoms with van der Waals surface area (Å²) in [6, 6.07) is 16.4. The minimum Gasteiger partial charge on any atom is -0.394 e. The number of aryl methyl sites for hydroxylation is 2. The lowest BCUT2D eigenvalue weighted by atomic mass is 9.85. The molecule has 0 radical (unpaired) electrons. The van der Waals surface area contributed by atoms with Crippen molar-refractivity contribution in [2.75, 3.05) is 18.1 Å². The minimum atomic E-state index is -0.832. The largest absolute Gasteiger partial charge is 0.394 e. The summed E-state index contributed by atoms with van der Waals surface area (Å²) in [6.07, 6.45) is 4.82. The zero-order valence-corrected chi connectivity index (χ0v) is 28.0. The van der Waals surface area contributed by atoms with Gasteiger partial charge in [0.1, 0.15) is 11.6 Å². The van der Waals surface area contributed by atoms with Gasteiger partial charge < -0.3 is 15.2 Å². The number of halogens is 2. The maximum atomic E-state index is 15.7. The van der Waals surface area contributed by atoms with Gasteiger partial charge in [-0.2, -0.15) is 16.9 Å². The molecule has 4 bridgehead atoms. The fourth-order valence-corrected chi connectivity index (χ4v) is 8.55. The fraction of sp³-hybridized carbons (Fsp3) is 0.389. The van der Waals surface area contributed by atoms with Gasteiger partial charge in [-0.05, 0) is 83.2 Å². The van der Waals surface area contributed by atoms with Gasteiger partial charge >= 0.3 is 0 Å². The van der Waals surface area contributed by atoms with Crippen molar-refractivity contribution in [3.8, 4) is 11.4 Å². The number of fused-ring (bicyclic) bond motifs is 8. The Hall–Kier alpha value is -3.18. The summed E-state index contributed by atoms with van der Waals surface area (Å²) in [4.78, 5) is 9.38. The van der Waals surface area contributed by atoms with Gasteiger partial charge in [0.05, 0.1) is 23.2 Å². The number of aliphatic hydroxyl groups is 2. The molecule has 242 valence electrons. The van der Waals surface area contributed by atoms with E-state index in [1.807, 2.05) is 42.2 Å². The molecule has 6 rings (SSSR count). The van der Waals surface area contributed by atoms with Gasteiger partial charge in [0.2, 0.25) is 0 Å². The van der Waals surface area contributed by atoms with E-state index in [4.69, 9.17) is 10.1 Å². The molecule has 0 amide bonds. The Morgan fingerprint density at radius 2 is 1.96 bits per heavy atom. The second kappa shape index (κ2) is 13.9. The number of hydrogen-bond donors (Lipinski definition) is 3. The average Bonchev–Trinajstić information content (AvgIpc) is 3.65. The Labute approximate surface area is 277 Å². The number of benzene rings is 3. The van der Waals surface area contributed by atoms with Crippen molar-refractivity contribution in [2.45, 2.75) is 67.8 Å². The molecule has 3 heterocycles. The van der Waals surface area contributed by atoms with Crippen LogP contribution in [0, 0.1) is 17.0 Å². The van der Waals surface area contributed by atoms with E-state index >= 15 is 8.78 Å². The Kier molecular flexibility index (Phi) is 9.89. The third-order valence-electron chi connectivity index (χ3n) is 8.73. The van der Waals surface area contributed by atoms with Gasteiger partial charge in [0.25, 0.3) is 0 Å². The summed E-state index contributed by atoms with van der Waals surface area (Å²) < 4.78 is 32.8. The first-order valence-electron chi connectivity index (χ1n) is 15.7. The summed E-state index contributed by atoms with van der Waals surface area (Å²) in [5.74, 6) is 2.01. The first-order valence-corrected chi connectivity index (χ1v) is 17.7. The van der Waals surface area contributed by atoms with Crippen LogP contribution < -0.4 is 0 Å². The molecule has 0 saturated carbocycles. The fourth-order valence-electron chi connectivity index (χ4n) is 6.32. The first kappa shape index (κ1) is 32.7. The molecule has 6 nitrogen and oxygen atoms in total. The predicted molar refractivity (Wildman–Crippen MR) is 183 cm³/mol. The molecule has 0 saturated heterocycles. The van der Waals surface area contributed by atoms with Crippen molar-refractivity contribution in [2.24, 2.45) is 12.5 Å². The monoisotopic (exact) mass is 662 g/mol. The number of aliphatic hydroxyl groups excluding tert-OH is 2. The van der Waals surface area contributed by atoms with Crippen molar-refractivity contribution >= 4 is 34.4 Å². The van der Waals surface area contributed by atoms with E-state index in [0.717, 1.165) is 69.7 Å². The van der Waals surface area contributed by atoms with Crippen molar-refractivity contribution in [3.63, 3.8) is 0 Å². The minimum absolute atomic E-state index is 0.0833. The van der Waals surface area contributed by atoms with E-state index < -0.39 is 11.9 Å². The molecule has 5 aromatic rings. The lowest BCUT2D eigenvalue weighted by molar-refractivity contribution is 0.0955. The van der Waals surface area contributed by atoms with Crippen molar-refractivity contribution in [1.82, 2.24) is 19.7 Å². The molecule has 1 aliphatic heterocycles. The highest BCUT2D eigenvalue weighted by atomic mass is 32.2. The number of rotatable bonds is 4. The van der Waals surface area contributed by atoms with Crippen LogP contribution in [-0.2, 0) is 19.9 Å². The number of nitrogens with one attached hydrogen (secondary N) is 1. The van der Waals surface area contributed by atoms with Crippen molar-refractivity contribution in [3.05, 3.63) is 94.9 Å². The van der Waals surface area contributed by atoms with E-state index in [1.54, 1.807) is 29.9 Å². The third-order valence-corrected chi connectivity index (χ3v) is 11.3. The lowest BCUT2D eigenvalue weighted by Gasteiger charge is -2.25. The highest BCUT2D eigenvalue weighted by Gasteiger charge is 2.26. The summed E-state index contributed by atoms with van der Waals surface area (Å²) in [5.41, 5.74) is 4.09. The van der Waals surface area contributed by atoms with Crippen LogP contribution in [0.15, 0.2) is 70.6 Å². The van der Waals surface area contributed by atoms with Crippen LogP contribution in [0.4, 0.5) is 8.78 Å². The van der Waals surface area contributed by atoms with Gasteiger partial charge in [0.15, 0.2) is 11.6 Å². The molecule has 0 spiro atoms. The lowest BCUT2D eigenvalue weighted by Crippen LogP contribution is -2.17. The summed E-state index contributed by atoms with van der Waals surface area (Å²) >= 11 is 3.22. The first-order chi connectivity index (χ1) is 22.1. The quantitative estimate of drug-likeness (QED) is 0.181. The van der Waals surface area contributed by atoms with Crippen LogP contribution in [0.1, 0.15) is 61.5 Å².